The van der Waals surface area contributed by atoms with Crippen LogP contribution in [-0.2, 0) is 16.1 Å². The standard InChI is InChI=1S/C23H24Cl2N4O2S/c1-15(17-4-2-5-19(25)12-17)26-21(30)14-32-23-28-27-22(16-7-9-18(24)10-8-16)29(23)13-20-6-3-11-31-20/h2,4-5,7-10,12,15,20H,3,6,11,13-14H2,1H3,(H,26,30)/t15-,20+/m0/s1. The second-order valence-electron chi connectivity index (χ2n) is 7.69. The van der Waals surface area contributed by atoms with Crippen molar-refractivity contribution in [3.8, 4) is 11.4 Å². The van der Waals surface area contributed by atoms with Crippen molar-refractivity contribution in [2.24, 2.45) is 0 Å². The molecule has 0 unspecified atom stereocenters. The number of ether oxygens (including phenoxy) is 1. The van der Waals surface area contributed by atoms with Crippen molar-refractivity contribution in [1.29, 1.82) is 0 Å². The summed E-state index contributed by atoms with van der Waals surface area (Å²) >= 11 is 13.5. The quantitative estimate of drug-likeness (QED) is 0.428. The molecule has 0 saturated carbocycles. The molecule has 2 atom stereocenters. The Balaban J connectivity index is 1.46. The largest absolute Gasteiger partial charge is 0.376 e. The number of rotatable bonds is 8. The Morgan fingerprint density at radius 3 is 2.75 bits per heavy atom. The van der Waals surface area contributed by atoms with Crippen LogP contribution in [0.25, 0.3) is 11.4 Å². The van der Waals surface area contributed by atoms with Gasteiger partial charge in [0.25, 0.3) is 0 Å². The third-order valence-corrected chi connectivity index (χ3v) is 6.74. The van der Waals surface area contributed by atoms with Crippen LogP contribution in [-0.4, -0.2) is 39.1 Å². The average Bonchev–Trinajstić information content (AvgIpc) is 3.43. The molecule has 2 heterocycles. The van der Waals surface area contributed by atoms with Gasteiger partial charge in [0.05, 0.1) is 24.4 Å². The molecular weight excluding hydrogens is 467 g/mol. The Morgan fingerprint density at radius 2 is 2.03 bits per heavy atom. The number of benzene rings is 2. The van der Waals surface area contributed by atoms with Crippen molar-refractivity contribution in [2.75, 3.05) is 12.4 Å². The van der Waals surface area contributed by atoms with E-state index in [9.17, 15) is 4.79 Å². The van der Waals surface area contributed by atoms with Gasteiger partial charge in [-0.15, -0.1) is 10.2 Å². The molecule has 1 amide bonds. The molecule has 6 nitrogen and oxygen atoms in total. The van der Waals surface area contributed by atoms with Gasteiger partial charge in [-0.25, -0.2) is 0 Å². The van der Waals surface area contributed by atoms with E-state index in [1.807, 2.05) is 60.0 Å². The van der Waals surface area contributed by atoms with Crippen molar-refractivity contribution in [1.82, 2.24) is 20.1 Å². The summed E-state index contributed by atoms with van der Waals surface area (Å²) in [6.45, 7) is 3.36. The fraction of sp³-hybridized carbons (Fsp3) is 0.348. The van der Waals surface area contributed by atoms with Crippen molar-refractivity contribution in [2.45, 2.75) is 43.6 Å². The highest BCUT2D eigenvalue weighted by molar-refractivity contribution is 7.99. The maximum atomic E-state index is 12.6. The number of thioether (sulfide) groups is 1. The van der Waals surface area contributed by atoms with E-state index in [-0.39, 0.29) is 23.8 Å². The average molecular weight is 491 g/mol. The van der Waals surface area contributed by atoms with Crippen LogP contribution in [0.2, 0.25) is 10.0 Å². The zero-order valence-corrected chi connectivity index (χ0v) is 20.0. The van der Waals surface area contributed by atoms with Crippen molar-refractivity contribution in [3.63, 3.8) is 0 Å². The van der Waals surface area contributed by atoms with Gasteiger partial charge >= 0.3 is 0 Å². The Kier molecular flexibility index (Phi) is 7.73. The number of halogens is 2. The minimum absolute atomic E-state index is 0.0813. The summed E-state index contributed by atoms with van der Waals surface area (Å²) in [4.78, 5) is 12.6. The molecule has 1 aliphatic heterocycles. The molecule has 168 valence electrons. The van der Waals surface area contributed by atoms with Gasteiger partial charge in [0.15, 0.2) is 11.0 Å². The molecule has 1 aliphatic rings. The summed E-state index contributed by atoms with van der Waals surface area (Å²) in [5.74, 6) is 0.893. The molecule has 2 aromatic carbocycles. The molecule has 1 aromatic heterocycles. The normalized spacial score (nSPS) is 16.8. The molecule has 1 fully saturated rings. The first-order valence-electron chi connectivity index (χ1n) is 10.5. The van der Waals surface area contributed by atoms with E-state index in [1.54, 1.807) is 0 Å². The van der Waals surface area contributed by atoms with E-state index < -0.39 is 0 Å². The van der Waals surface area contributed by atoms with Gasteiger partial charge in [-0.2, -0.15) is 0 Å². The first kappa shape index (κ1) is 23.1. The van der Waals surface area contributed by atoms with Crippen LogP contribution >= 0.6 is 35.0 Å². The SMILES string of the molecule is C[C@H](NC(=O)CSc1nnc(-c2ccc(Cl)cc2)n1C[C@H]1CCCO1)c1cccc(Cl)c1. The van der Waals surface area contributed by atoms with E-state index in [4.69, 9.17) is 27.9 Å². The van der Waals surface area contributed by atoms with Gasteiger partial charge in [0.1, 0.15) is 0 Å². The molecule has 1 N–H and O–H groups in total. The van der Waals surface area contributed by atoms with Gasteiger partial charge in [-0.3, -0.25) is 9.36 Å². The van der Waals surface area contributed by atoms with Crippen molar-refractivity contribution >= 4 is 40.9 Å². The van der Waals surface area contributed by atoms with Crippen LogP contribution < -0.4 is 5.32 Å². The lowest BCUT2D eigenvalue weighted by atomic mass is 10.1. The molecule has 1 saturated heterocycles. The smallest absolute Gasteiger partial charge is 0.230 e. The van der Waals surface area contributed by atoms with E-state index in [0.29, 0.717) is 21.7 Å². The number of carbonyl (C=O) groups is 1. The molecule has 4 rings (SSSR count). The van der Waals surface area contributed by atoms with Crippen LogP contribution in [0.4, 0.5) is 0 Å². The third kappa shape index (κ3) is 5.84. The monoisotopic (exact) mass is 490 g/mol. The first-order chi connectivity index (χ1) is 15.5. The fourth-order valence-electron chi connectivity index (χ4n) is 3.64. The number of nitrogens with zero attached hydrogens (tertiary/aromatic N) is 3. The number of hydrogen-bond donors (Lipinski definition) is 1. The Morgan fingerprint density at radius 1 is 1.22 bits per heavy atom. The van der Waals surface area contributed by atoms with Crippen LogP contribution in [0.1, 0.15) is 31.4 Å². The summed E-state index contributed by atoms with van der Waals surface area (Å²) in [5.41, 5.74) is 1.88. The van der Waals surface area contributed by atoms with Crippen molar-refractivity contribution in [3.05, 3.63) is 64.1 Å². The molecule has 0 spiro atoms. The Labute approximate surface area is 201 Å². The maximum Gasteiger partial charge on any atom is 0.230 e. The molecular formula is C23H24Cl2N4O2S. The number of nitrogens with one attached hydrogen (secondary N) is 1. The van der Waals surface area contributed by atoms with Crippen LogP contribution in [0.3, 0.4) is 0 Å². The van der Waals surface area contributed by atoms with E-state index >= 15 is 0 Å². The van der Waals surface area contributed by atoms with E-state index in [2.05, 4.69) is 15.5 Å². The summed E-state index contributed by atoms with van der Waals surface area (Å²) in [6.07, 6.45) is 2.17. The minimum Gasteiger partial charge on any atom is -0.376 e. The first-order valence-corrected chi connectivity index (χ1v) is 12.2. The van der Waals surface area contributed by atoms with Gasteiger partial charge in [0, 0.05) is 22.2 Å². The van der Waals surface area contributed by atoms with Crippen LogP contribution in [0, 0.1) is 0 Å². The second-order valence-corrected chi connectivity index (χ2v) is 9.51. The number of carbonyl (C=O) groups excluding carboxylic acids is 1. The molecule has 0 bridgehead atoms. The lowest BCUT2D eigenvalue weighted by Gasteiger charge is -2.16. The maximum absolute atomic E-state index is 12.6. The predicted molar refractivity (Wildman–Crippen MR) is 128 cm³/mol. The van der Waals surface area contributed by atoms with Gasteiger partial charge in [-0.1, -0.05) is 47.1 Å². The molecule has 9 heteroatoms. The lowest BCUT2D eigenvalue weighted by Crippen LogP contribution is -2.28. The zero-order chi connectivity index (χ0) is 22.5. The number of aromatic nitrogens is 3. The van der Waals surface area contributed by atoms with E-state index in [1.165, 1.54) is 11.8 Å². The Hall–Kier alpha value is -2.06. The van der Waals surface area contributed by atoms with Gasteiger partial charge in [-0.05, 0) is 61.7 Å². The van der Waals surface area contributed by atoms with Gasteiger partial charge in [0.2, 0.25) is 5.91 Å². The summed E-state index contributed by atoms with van der Waals surface area (Å²) in [5, 5.41) is 13.8. The van der Waals surface area contributed by atoms with Gasteiger partial charge < -0.3 is 10.1 Å². The second kappa shape index (κ2) is 10.7. The van der Waals surface area contributed by atoms with E-state index in [0.717, 1.165) is 36.4 Å². The number of hydrogen-bond acceptors (Lipinski definition) is 5. The highest BCUT2D eigenvalue weighted by atomic mass is 35.5. The minimum atomic E-state index is -0.142. The molecule has 0 radical (unpaired) electrons. The zero-order valence-electron chi connectivity index (χ0n) is 17.6. The van der Waals surface area contributed by atoms with Crippen LogP contribution in [0.5, 0.6) is 0 Å². The highest BCUT2D eigenvalue weighted by Crippen LogP contribution is 2.27. The summed E-state index contributed by atoms with van der Waals surface area (Å²) in [6, 6.07) is 14.9. The Bertz CT molecular complexity index is 1070. The summed E-state index contributed by atoms with van der Waals surface area (Å²) in [7, 11) is 0. The molecule has 3 aromatic rings. The fourth-order valence-corrected chi connectivity index (χ4v) is 4.72. The van der Waals surface area contributed by atoms with Crippen molar-refractivity contribution < 1.29 is 9.53 Å². The third-order valence-electron chi connectivity index (χ3n) is 5.29. The lowest BCUT2D eigenvalue weighted by molar-refractivity contribution is -0.119. The summed E-state index contributed by atoms with van der Waals surface area (Å²) < 4.78 is 7.87. The topological polar surface area (TPSA) is 69.0 Å². The number of amides is 1. The predicted octanol–water partition coefficient (Wildman–Crippen LogP) is 5.40. The molecule has 32 heavy (non-hydrogen) atoms. The van der Waals surface area contributed by atoms with Crippen LogP contribution in [0.15, 0.2) is 53.7 Å². The molecule has 0 aliphatic carbocycles. The highest BCUT2D eigenvalue weighted by Gasteiger charge is 2.22.